The molecule has 1 aliphatic carbocycles. The van der Waals surface area contributed by atoms with Crippen molar-refractivity contribution in [2.24, 2.45) is 5.92 Å². The molecule has 2 atom stereocenters. The van der Waals surface area contributed by atoms with E-state index < -0.39 is 29.1 Å². The molecule has 0 fully saturated rings. The standard InChI is InChI=1S/C9H9FO4.C8H18O/c1-9(10)5(7(11)12)3-2-4-6(9)8(13)14;1-2-3-4-5-6-7-8-9/h2-5H,1H3,(H,11,12)(H,13,14);9H,2-8H2,1H3. The molecule has 0 aliphatic heterocycles. The van der Waals surface area contributed by atoms with Crippen LogP contribution in [0.5, 0.6) is 0 Å². The summed E-state index contributed by atoms with van der Waals surface area (Å²) in [5.41, 5.74) is -2.90. The summed E-state index contributed by atoms with van der Waals surface area (Å²) in [6.45, 7) is 3.54. The predicted octanol–water partition coefficient (Wildman–Crippen LogP) is 3.34. The third kappa shape index (κ3) is 7.41. The van der Waals surface area contributed by atoms with E-state index >= 15 is 0 Å². The summed E-state index contributed by atoms with van der Waals surface area (Å²) in [7, 11) is 0. The van der Waals surface area contributed by atoms with Crippen molar-refractivity contribution in [2.45, 2.75) is 58.0 Å². The Morgan fingerprint density at radius 3 is 2.22 bits per heavy atom. The van der Waals surface area contributed by atoms with E-state index in [0.29, 0.717) is 6.61 Å². The molecule has 0 aromatic heterocycles. The summed E-state index contributed by atoms with van der Waals surface area (Å²) < 4.78 is 13.8. The maximum absolute atomic E-state index is 13.8. The van der Waals surface area contributed by atoms with Gasteiger partial charge in [-0.1, -0.05) is 51.2 Å². The van der Waals surface area contributed by atoms with Crippen molar-refractivity contribution in [3.8, 4) is 0 Å². The molecule has 6 heteroatoms. The molecule has 23 heavy (non-hydrogen) atoms. The summed E-state index contributed by atoms with van der Waals surface area (Å²) in [6, 6.07) is 0. The number of unbranched alkanes of at least 4 members (excludes halogenated alkanes) is 5. The number of alkyl halides is 1. The molecule has 132 valence electrons. The van der Waals surface area contributed by atoms with Gasteiger partial charge in [-0.05, 0) is 19.4 Å². The van der Waals surface area contributed by atoms with E-state index in [1.54, 1.807) is 0 Å². The second-order valence-electron chi connectivity index (χ2n) is 5.65. The zero-order valence-electron chi connectivity index (χ0n) is 13.8. The van der Waals surface area contributed by atoms with Gasteiger partial charge >= 0.3 is 11.9 Å². The monoisotopic (exact) mass is 330 g/mol. The maximum atomic E-state index is 13.8. The highest BCUT2D eigenvalue weighted by molar-refractivity contribution is 5.92. The van der Waals surface area contributed by atoms with Crippen molar-refractivity contribution in [1.82, 2.24) is 0 Å². The molecule has 0 heterocycles. The Morgan fingerprint density at radius 2 is 1.74 bits per heavy atom. The SMILES string of the molecule is CC1(F)C(C(=O)O)=CC=CC1C(=O)O.CCCCCCCCO. The van der Waals surface area contributed by atoms with E-state index in [2.05, 4.69) is 6.92 Å². The Labute approximate surface area is 136 Å². The average molecular weight is 330 g/mol. The number of carboxylic acid groups (broad SMARTS) is 2. The smallest absolute Gasteiger partial charge is 0.334 e. The highest BCUT2D eigenvalue weighted by Crippen LogP contribution is 2.34. The Hall–Kier alpha value is -1.69. The van der Waals surface area contributed by atoms with E-state index in [-0.39, 0.29) is 0 Å². The molecule has 5 nitrogen and oxygen atoms in total. The van der Waals surface area contributed by atoms with Gasteiger partial charge in [-0.15, -0.1) is 0 Å². The van der Waals surface area contributed by atoms with Crippen LogP contribution in [0.4, 0.5) is 4.39 Å². The Bertz CT molecular complexity index is 434. The number of aliphatic hydroxyl groups is 1. The van der Waals surface area contributed by atoms with Gasteiger partial charge in [-0.25, -0.2) is 9.18 Å². The van der Waals surface area contributed by atoms with Crippen molar-refractivity contribution >= 4 is 11.9 Å². The summed E-state index contributed by atoms with van der Waals surface area (Å²) in [5, 5.41) is 25.7. The highest BCUT2D eigenvalue weighted by atomic mass is 19.1. The van der Waals surface area contributed by atoms with Crippen molar-refractivity contribution in [1.29, 1.82) is 0 Å². The van der Waals surface area contributed by atoms with Crippen LogP contribution in [0.1, 0.15) is 52.4 Å². The van der Waals surface area contributed by atoms with Gasteiger partial charge in [0.2, 0.25) is 0 Å². The molecule has 2 unspecified atom stereocenters. The largest absolute Gasteiger partial charge is 0.481 e. The lowest BCUT2D eigenvalue weighted by molar-refractivity contribution is -0.144. The van der Waals surface area contributed by atoms with Crippen molar-refractivity contribution in [3.05, 3.63) is 23.8 Å². The van der Waals surface area contributed by atoms with Crippen LogP contribution in [-0.2, 0) is 9.59 Å². The molecule has 0 aromatic rings. The fraction of sp³-hybridized carbons (Fsp3) is 0.647. The zero-order chi connectivity index (χ0) is 17.9. The molecule has 0 aromatic carbocycles. The molecular weight excluding hydrogens is 303 g/mol. The first-order valence-corrected chi connectivity index (χ1v) is 7.93. The summed E-state index contributed by atoms with van der Waals surface area (Å²) in [6.07, 6.45) is 10.9. The molecule has 0 radical (unpaired) electrons. The molecule has 0 saturated carbocycles. The zero-order valence-corrected chi connectivity index (χ0v) is 13.8. The highest BCUT2D eigenvalue weighted by Gasteiger charge is 2.45. The van der Waals surface area contributed by atoms with Crippen molar-refractivity contribution in [2.75, 3.05) is 6.61 Å². The molecule has 0 bridgehead atoms. The minimum Gasteiger partial charge on any atom is -0.481 e. The number of aliphatic hydroxyl groups excluding tert-OH is 1. The van der Waals surface area contributed by atoms with E-state index in [1.807, 2.05) is 0 Å². The number of halogens is 1. The summed E-state index contributed by atoms with van der Waals surface area (Å²) in [5.74, 6) is -4.26. The van der Waals surface area contributed by atoms with Crippen LogP contribution in [0.3, 0.4) is 0 Å². The minimum atomic E-state index is -2.37. The van der Waals surface area contributed by atoms with Crippen molar-refractivity contribution < 1.29 is 29.3 Å². The van der Waals surface area contributed by atoms with Crippen LogP contribution in [-0.4, -0.2) is 39.5 Å². The van der Waals surface area contributed by atoms with Gasteiger partial charge in [0.15, 0.2) is 5.67 Å². The Balaban J connectivity index is 0.000000468. The van der Waals surface area contributed by atoms with Crippen LogP contribution in [0.25, 0.3) is 0 Å². The van der Waals surface area contributed by atoms with Gasteiger partial charge < -0.3 is 15.3 Å². The quantitative estimate of drug-likeness (QED) is 0.593. The number of carbonyl (C=O) groups is 2. The second kappa shape index (κ2) is 10.9. The minimum absolute atomic E-state index is 0.367. The first kappa shape index (κ1) is 21.3. The topological polar surface area (TPSA) is 94.8 Å². The van der Waals surface area contributed by atoms with Crippen LogP contribution in [0.15, 0.2) is 23.8 Å². The predicted molar refractivity (Wildman–Crippen MR) is 86.0 cm³/mol. The Kier molecular flexibility index (Phi) is 10.1. The van der Waals surface area contributed by atoms with Gasteiger partial charge in [0.1, 0.15) is 5.92 Å². The maximum Gasteiger partial charge on any atom is 0.334 e. The lowest BCUT2D eigenvalue weighted by atomic mass is 9.80. The number of rotatable bonds is 8. The fourth-order valence-corrected chi connectivity index (χ4v) is 2.26. The summed E-state index contributed by atoms with van der Waals surface area (Å²) >= 11 is 0. The van der Waals surface area contributed by atoms with Gasteiger partial charge in [0, 0.05) is 6.61 Å². The molecule has 0 saturated heterocycles. The number of allylic oxidation sites excluding steroid dienone is 2. The van der Waals surface area contributed by atoms with Gasteiger partial charge in [-0.3, -0.25) is 4.79 Å². The average Bonchev–Trinajstić information content (AvgIpc) is 2.46. The number of carboxylic acids is 2. The third-order valence-electron chi connectivity index (χ3n) is 3.69. The number of aliphatic carboxylic acids is 2. The molecular formula is C17H27FO5. The van der Waals surface area contributed by atoms with E-state index in [9.17, 15) is 14.0 Å². The van der Waals surface area contributed by atoms with Crippen LogP contribution in [0, 0.1) is 5.92 Å². The second-order valence-corrected chi connectivity index (χ2v) is 5.65. The number of hydrogen-bond acceptors (Lipinski definition) is 3. The molecule has 1 rings (SSSR count). The van der Waals surface area contributed by atoms with Crippen molar-refractivity contribution in [3.63, 3.8) is 0 Å². The molecule has 3 N–H and O–H groups in total. The number of hydrogen-bond donors (Lipinski definition) is 3. The summed E-state index contributed by atoms with van der Waals surface area (Å²) in [4.78, 5) is 21.2. The first-order chi connectivity index (χ1) is 10.8. The lowest BCUT2D eigenvalue weighted by Gasteiger charge is -2.27. The molecule has 1 aliphatic rings. The Morgan fingerprint density at radius 1 is 1.17 bits per heavy atom. The first-order valence-electron chi connectivity index (χ1n) is 7.93. The van der Waals surface area contributed by atoms with Gasteiger partial charge in [0.05, 0.1) is 5.57 Å². The fourth-order valence-electron chi connectivity index (χ4n) is 2.26. The third-order valence-corrected chi connectivity index (χ3v) is 3.69. The molecule has 0 amide bonds. The van der Waals surface area contributed by atoms with E-state index in [0.717, 1.165) is 25.5 Å². The van der Waals surface area contributed by atoms with Gasteiger partial charge in [0.25, 0.3) is 0 Å². The van der Waals surface area contributed by atoms with Crippen LogP contribution in [0.2, 0.25) is 0 Å². The van der Waals surface area contributed by atoms with Gasteiger partial charge in [-0.2, -0.15) is 0 Å². The van der Waals surface area contributed by atoms with Crippen LogP contribution < -0.4 is 0 Å². The van der Waals surface area contributed by atoms with Crippen LogP contribution >= 0.6 is 0 Å². The molecule has 0 spiro atoms. The van der Waals surface area contributed by atoms with E-state index in [4.69, 9.17) is 15.3 Å². The lowest BCUT2D eigenvalue weighted by Crippen LogP contribution is -2.40. The normalized spacial score (nSPS) is 22.8. The van der Waals surface area contributed by atoms with E-state index in [1.165, 1.54) is 38.2 Å².